The SMILES string of the molecule is Cl.O=C(c1cccs1)N(CCN1CCOCC1)c1nc2ccc(OC(F)(F)F)cc2s1. The van der Waals surface area contributed by atoms with Gasteiger partial charge in [-0.1, -0.05) is 17.4 Å². The van der Waals surface area contributed by atoms with Crippen molar-refractivity contribution in [2.24, 2.45) is 0 Å². The molecule has 0 aliphatic carbocycles. The van der Waals surface area contributed by atoms with E-state index in [1.807, 2.05) is 5.38 Å². The number of amides is 1. The van der Waals surface area contributed by atoms with Crippen LogP contribution in [0.5, 0.6) is 5.75 Å². The standard InChI is InChI=1S/C19H18F3N3O3S2.ClH/c20-19(21,22)28-13-3-4-14-16(12-13)30-18(23-14)25(17(26)15-2-1-11-29-15)6-5-24-7-9-27-10-8-24;/h1-4,11-12H,5-10H2;1H. The van der Waals surface area contributed by atoms with Crippen molar-refractivity contribution in [1.82, 2.24) is 9.88 Å². The largest absolute Gasteiger partial charge is 0.573 e. The number of alkyl halides is 3. The van der Waals surface area contributed by atoms with Gasteiger partial charge in [-0.25, -0.2) is 4.98 Å². The van der Waals surface area contributed by atoms with E-state index in [4.69, 9.17) is 4.74 Å². The molecule has 1 aliphatic rings. The summed E-state index contributed by atoms with van der Waals surface area (Å²) in [6.07, 6.45) is -4.76. The molecule has 2 aromatic heterocycles. The molecule has 1 aromatic carbocycles. The van der Waals surface area contributed by atoms with Crippen LogP contribution in [0.1, 0.15) is 9.67 Å². The number of aromatic nitrogens is 1. The minimum atomic E-state index is -4.76. The van der Waals surface area contributed by atoms with Crippen molar-refractivity contribution in [3.8, 4) is 5.75 Å². The summed E-state index contributed by atoms with van der Waals surface area (Å²) in [6, 6.07) is 7.53. The van der Waals surface area contributed by atoms with Crippen LogP contribution < -0.4 is 9.64 Å². The minimum absolute atomic E-state index is 0. The molecule has 1 fully saturated rings. The topological polar surface area (TPSA) is 54.9 Å². The highest BCUT2D eigenvalue weighted by Gasteiger charge is 2.31. The van der Waals surface area contributed by atoms with Gasteiger partial charge in [0, 0.05) is 32.2 Å². The predicted molar refractivity (Wildman–Crippen MR) is 117 cm³/mol. The highest BCUT2D eigenvalue weighted by molar-refractivity contribution is 7.22. The Morgan fingerprint density at radius 3 is 2.71 bits per heavy atom. The molecule has 4 rings (SSSR count). The number of hydrogen-bond donors (Lipinski definition) is 0. The molecular weight excluding hydrogens is 475 g/mol. The Morgan fingerprint density at radius 2 is 2.03 bits per heavy atom. The smallest absolute Gasteiger partial charge is 0.406 e. The van der Waals surface area contributed by atoms with Gasteiger partial charge in [0.2, 0.25) is 0 Å². The number of fused-ring (bicyclic) bond motifs is 1. The first-order chi connectivity index (χ1) is 14.4. The fourth-order valence-corrected chi connectivity index (χ4v) is 4.78. The van der Waals surface area contributed by atoms with E-state index in [9.17, 15) is 18.0 Å². The molecule has 1 amide bonds. The zero-order valence-electron chi connectivity index (χ0n) is 16.1. The number of nitrogens with zero attached hydrogens (tertiary/aromatic N) is 3. The number of halogens is 4. The minimum Gasteiger partial charge on any atom is -0.406 e. The highest BCUT2D eigenvalue weighted by Crippen LogP contribution is 2.34. The summed E-state index contributed by atoms with van der Waals surface area (Å²) < 4.78 is 47.4. The third-order valence-corrected chi connectivity index (χ3v) is 6.43. The number of anilines is 1. The molecule has 0 unspecified atom stereocenters. The van der Waals surface area contributed by atoms with Crippen molar-refractivity contribution in [1.29, 1.82) is 0 Å². The molecule has 3 heterocycles. The molecule has 0 saturated carbocycles. The second-order valence-corrected chi connectivity index (χ2v) is 8.52. The number of thiophene rings is 1. The maximum Gasteiger partial charge on any atom is 0.573 e. The van der Waals surface area contributed by atoms with Crippen molar-refractivity contribution in [2.45, 2.75) is 6.36 Å². The monoisotopic (exact) mass is 493 g/mol. The summed E-state index contributed by atoms with van der Waals surface area (Å²) in [7, 11) is 0. The maximum atomic E-state index is 13.1. The van der Waals surface area contributed by atoms with Crippen LogP contribution >= 0.6 is 35.1 Å². The Bertz CT molecular complexity index is 1010. The van der Waals surface area contributed by atoms with Crippen LogP contribution in [-0.4, -0.2) is 61.5 Å². The van der Waals surface area contributed by atoms with Gasteiger partial charge in [-0.2, -0.15) is 0 Å². The second-order valence-electron chi connectivity index (χ2n) is 6.56. The van der Waals surface area contributed by atoms with Crippen LogP contribution in [-0.2, 0) is 4.74 Å². The second kappa shape index (κ2) is 10.1. The summed E-state index contributed by atoms with van der Waals surface area (Å²) in [5, 5.41) is 2.27. The maximum absolute atomic E-state index is 13.1. The third-order valence-electron chi connectivity index (χ3n) is 4.53. The average molecular weight is 494 g/mol. The molecule has 0 N–H and O–H groups in total. The van der Waals surface area contributed by atoms with Gasteiger partial charge >= 0.3 is 6.36 Å². The quantitative estimate of drug-likeness (QED) is 0.500. The van der Waals surface area contributed by atoms with E-state index < -0.39 is 6.36 Å². The lowest BCUT2D eigenvalue weighted by Crippen LogP contribution is -2.43. The summed E-state index contributed by atoms with van der Waals surface area (Å²) in [6.45, 7) is 3.96. The van der Waals surface area contributed by atoms with Gasteiger partial charge in [0.25, 0.3) is 5.91 Å². The van der Waals surface area contributed by atoms with Crippen molar-refractivity contribution < 1.29 is 27.4 Å². The van der Waals surface area contributed by atoms with Crippen LogP contribution in [0.25, 0.3) is 10.2 Å². The molecular formula is C19H19ClF3N3O3S2. The predicted octanol–water partition coefficient (Wildman–Crippen LogP) is 4.66. The van der Waals surface area contributed by atoms with Crippen LogP contribution in [0.15, 0.2) is 35.7 Å². The fraction of sp³-hybridized carbons (Fsp3) is 0.368. The summed E-state index contributed by atoms with van der Waals surface area (Å²) >= 11 is 2.50. The zero-order chi connectivity index (χ0) is 21.1. The van der Waals surface area contributed by atoms with E-state index in [1.54, 1.807) is 17.0 Å². The van der Waals surface area contributed by atoms with Gasteiger partial charge in [-0.05, 0) is 23.6 Å². The van der Waals surface area contributed by atoms with Crippen molar-refractivity contribution in [3.05, 3.63) is 40.6 Å². The molecule has 0 bridgehead atoms. The molecule has 168 valence electrons. The summed E-state index contributed by atoms with van der Waals surface area (Å²) in [4.78, 5) is 22.0. The zero-order valence-corrected chi connectivity index (χ0v) is 18.6. The number of hydrogen-bond acceptors (Lipinski definition) is 7. The summed E-state index contributed by atoms with van der Waals surface area (Å²) in [5.41, 5.74) is 0.514. The Morgan fingerprint density at radius 1 is 1.26 bits per heavy atom. The van der Waals surface area contributed by atoms with E-state index in [0.717, 1.165) is 13.1 Å². The Hall–Kier alpha value is -1.92. The van der Waals surface area contributed by atoms with E-state index in [-0.39, 0.29) is 24.1 Å². The fourth-order valence-electron chi connectivity index (χ4n) is 3.09. The van der Waals surface area contributed by atoms with Gasteiger partial charge in [0.05, 0.1) is 28.3 Å². The highest BCUT2D eigenvalue weighted by atomic mass is 35.5. The van der Waals surface area contributed by atoms with E-state index >= 15 is 0 Å². The van der Waals surface area contributed by atoms with E-state index in [1.165, 1.54) is 40.9 Å². The Kier molecular flexibility index (Phi) is 7.76. The molecule has 0 spiro atoms. The van der Waals surface area contributed by atoms with Gasteiger partial charge in [-0.3, -0.25) is 14.6 Å². The van der Waals surface area contributed by atoms with Crippen molar-refractivity contribution in [3.63, 3.8) is 0 Å². The van der Waals surface area contributed by atoms with Crippen LogP contribution in [0.4, 0.5) is 18.3 Å². The molecule has 31 heavy (non-hydrogen) atoms. The lowest BCUT2D eigenvalue weighted by atomic mass is 10.3. The van der Waals surface area contributed by atoms with Gasteiger partial charge in [-0.15, -0.1) is 36.9 Å². The number of carbonyl (C=O) groups excluding carboxylic acids is 1. The van der Waals surface area contributed by atoms with Gasteiger partial charge in [0.1, 0.15) is 5.75 Å². The first kappa shape index (κ1) is 23.7. The van der Waals surface area contributed by atoms with Crippen LogP contribution in [0, 0.1) is 0 Å². The Balaban J connectivity index is 0.00000272. The van der Waals surface area contributed by atoms with Gasteiger partial charge < -0.3 is 9.47 Å². The van der Waals surface area contributed by atoms with E-state index in [2.05, 4.69) is 14.6 Å². The van der Waals surface area contributed by atoms with Crippen molar-refractivity contribution >= 4 is 56.3 Å². The number of ether oxygens (including phenoxy) is 2. The lowest BCUT2D eigenvalue weighted by Gasteiger charge is -2.29. The third kappa shape index (κ3) is 6.07. The average Bonchev–Trinajstić information content (AvgIpc) is 3.37. The van der Waals surface area contributed by atoms with Gasteiger partial charge in [0.15, 0.2) is 5.13 Å². The normalized spacial score (nSPS) is 14.9. The van der Waals surface area contributed by atoms with E-state index in [0.29, 0.717) is 46.5 Å². The molecule has 1 aliphatic heterocycles. The van der Waals surface area contributed by atoms with Crippen molar-refractivity contribution in [2.75, 3.05) is 44.3 Å². The number of carbonyl (C=O) groups is 1. The molecule has 12 heteroatoms. The molecule has 6 nitrogen and oxygen atoms in total. The first-order valence-electron chi connectivity index (χ1n) is 9.21. The number of benzene rings is 1. The number of morpholine rings is 1. The number of thiazole rings is 1. The number of rotatable bonds is 6. The molecule has 0 atom stereocenters. The lowest BCUT2D eigenvalue weighted by molar-refractivity contribution is -0.274. The molecule has 1 saturated heterocycles. The first-order valence-corrected chi connectivity index (χ1v) is 10.9. The van der Waals surface area contributed by atoms with Crippen LogP contribution in [0.3, 0.4) is 0 Å². The van der Waals surface area contributed by atoms with Crippen LogP contribution in [0.2, 0.25) is 0 Å². The molecule has 3 aromatic rings. The Labute approximate surface area is 190 Å². The molecule has 0 radical (unpaired) electrons. The summed E-state index contributed by atoms with van der Waals surface area (Å²) in [5.74, 6) is -0.487.